The van der Waals surface area contributed by atoms with Crippen LogP contribution in [0.3, 0.4) is 0 Å². The summed E-state index contributed by atoms with van der Waals surface area (Å²) in [7, 11) is 0. The number of carbonyl (C=O) groups excluding carboxylic acids is 1. The smallest absolute Gasteiger partial charge is 0.222 e. The summed E-state index contributed by atoms with van der Waals surface area (Å²) in [5.41, 5.74) is 5.92. The van der Waals surface area contributed by atoms with E-state index >= 15 is 0 Å². The Labute approximate surface area is 116 Å². The Bertz CT molecular complexity index is 288. The van der Waals surface area contributed by atoms with Crippen LogP contribution in [-0.4, -0.2) is 42.6 Å². The average Bonchev–Trinajstić information content (AvgIpc) is 2.46. The van der Waals surface area contributed by atoms with Crippen LogP contribution in [0.4, 0.5) is 0 Å². The molecule has 0 radical (unpaired) electrons. The fourth-order valence-electron chi connectivity index (χ4n) is 3.27. The molecular formula is C15H28N2O2. The molecule has 0 aromatic carbocycles. The van der Waals surface area contributed by atoms with Crippen molar-refractivity contribution in [3.05, 3.63) is 0 Å². The van der Waals surface area contributed by atoms with E-state index < -0.39 is 0 Å². The molecule has 1 saturated carbocycles. The summed E-state index contributed by atoms with van der Waals surface area (Å²) < 4.78 is 5.45. The van der Waals surface area contributed by atoms with Gasteiger partial charge in [-0.05, 0) is 44.4 Å². The Morgan fingerprint density at radius 3 is 2.74 bits per heavy atom. The van der Waals surface area contributed by atoms with Crippen molar-refractivity contribution >= 4 is 5.91 Å². The monoisotopic (exact) mass is 268 g/mol. The molecule has 110 valence electrons. The van der Waals surface area contributed by atoms with Crippen LogP contribution >= 0.6 is 0 Å². The van der Waals surface area contributed by atoms with E-state index in [0.29, 0.717) is 43.5 Å². The maximum atomic E-state index is 12.3. The van der Waals surface area contributed by atoms with E-state index in [0.717, 1.165) is 32.2 Å². The number of carbonyl (C=O) groups is 1. The lowest BCUT2D eigenvalue weighted by Crippen LogP contribution is -2.48. The molecule has 1 aliphatic carbocycles. The van der Waals surface area contributed by atoms with E-state index in [2.05, 4.69) is 6.92 Å². The molecule has 1 aliphatic heterocycles. The van der Waals surface area contributed by atoms with Gasteiger partial charge in [-0.3, -0.25) is 4.79 Å². The standard InChI is InChI=1S/C15H28N2O2/c1-2-14-11-19-10-9-17(14)15(18)8-5-12-3-6-13(16)7-4-12/h12-14H,2-11,16H2,1H3. The number of morpholine rings is 1. The van der Waals surface area contributed by atoms with Crippen LogP contribution in [0.25, 0.3) is 0 Å². The van der Waals surface area contributed by atoms with Crippen LogP contribution in [0.15, 0.2) is 0 Å². The Morgan fingerprint density at radius 2 is 2.05 bits per heavy atom. The van der Waals surface area contributed by atoms with Gasteiger partial charge in [0.2, 0.25) is 5.91 Å². The number of hydrogen-bond donors (Lipinski definition) is 1. The van der Waals surface area contributed by atoms with Gasteiger partial charge in [0, 0.05) is 19.0 Å². The molecule has 0 bridgehead atoms. The van der Waals surface area contributed by atoms with Crippen LogP contribution < -0.4 is 5.73 Å². The Hall–Kier alpha value is -0.610. The first kappa shape index (κ1) is 14.8. The first-order chi connectivity index (χ1) is 9.20. The zero-order valence-corrected chi connectivity index (χ0v) is 12.1. The Kier molecular flexibility index (Phi) is 5.64. The molecule has 0 aromatic rings. The Balaban J connectivity index is 1.74. The van der Waals surface area contributed by atoms with Gasteiger partial charge in [0.15, 0.2) is 0 Å². The van der Waals surface area contributed by atoms with Crippen molar-refractivity contribution in [3.63, 3.8) is 0 Å². The first-order valence-corrected chi connectivity index (χ1v) is 7.83. The fraction of sp³-hybridized carbons (Fsp3) is 0.933. The van der Waals surface area contributed by atoms with Crippen molar-refractivity contribution in [2.24, 2.45) is 11.7 Å². The average molecular weight is 268 g/mol. The largest absolute Gasteiger partial charge is 0.377 e. The number of rotatable bonds is 4. The van der Waals surface area contributed by atoms with Crippen molar-refractivity contribution in [1.29, 1.82) is 0 Å². The summed E-state index contributed by atoms with van der Waals surface area (Å²) in [6.07, 6.45) is 7.41. The second kappa shape index (κ2) is 7.25. The van der Waals surface area contributed by atoms with Gasteiger partial charge >= 0.3 is 0 Å². The van der Waals surface area contributed by atoms with Gasteiger partial charge in [-0.1, -0.05) is 6.92 Å². The van der Waals surface area contributed by atoms with E-state index in [9.17, 15) is 4.79 Å². The lowest BCUT2D eigenvalue weighted by atomic mass is 9.83. The van der Waals surface area contributed by atoms with Crippen molar-refractivity contribution < 1.29 is 9.53 Å². The fourth-order valence-corrected chi connectivity index (χ4v) is 3.27. The molecule has 0 aromatic heterocycles. The van der Waals surface area contributed by atoms with Gasteiger partial charge in [0.05, 0.1) is 19.3 Å². The van der Waals surface area contributed by atoms with E-state index in [1.54, 1.807) is 0 Å². The molecule has 4 nitrogen and oxygen atoms in total. The van der Waals surface area contributed by atoms with Gasteiger partial charge in [-0.15, -0.1) is 0 Å². The lowest BCUT2D eigenvalue weighted by molar-refractivity contribution is -0.140. The third-order valence-electron chi connectivity index (χ3n) is 4.68. The summed E-state index contributed by atoms with van der Waals surface area (Å²) in [5, 5.41) is 0. The van der Waals surface area contributed by atoms with Crippen LogP contribution in [0.1, 0.15) is 51.9 Å². The predicted molar refractivity (Wildman–Crippen MR) is 75.8 cm³/mol. The van der Waals surface area contributed by atoms with E-state index in [1.165, 1.54) is 12.8 Å². The van der Waals surface area contributed by atoms with E-state index in [4.69, 9.17) is 10.5 Å². The second-order valence-corrected chi connectivity index (χ2v) is 6.04. The van der Waals surface area contributed by atoms with Gasteiger partial charge in [-0.2, -0.15) is 0 Å². The molecule has 2 fully saturated rings. The molecule has 4 heteroatoms. The van der Waals surface area contributed by atoms with Crippen molar-refractivity contribution in [3.8, 4) is 0 Å². The molecule has 1 saturated heterocycles. The molecule has 19 heavy (non-hydrogen) atoms. The highest BCUT2D eigenvalue weighted by atomic mass is 16.5. The summed E-state index contributed by atoms with van der Waals surface area (Å²) in [6.45, 7) is 4.30. The lowest BCUT2D eigenvalue weighted by Gasteiger charge is -2.35. The summed E-state index contributed by atoms with van der Waals surface area (Å²) in [4.78, 5) is 14.4. The molecule has 2 N–H and O–H groups in total. The molecule has 1 heterocycles. The minimum Gasteiger partial charge on any atom is -0.377 e. The highest BCUT2D eigenvalue weighted by Crippen LogP contribution is 2.27. The maximum Gasteiger partial charge on any atom is 0.222 e. The van der Waals surface area contributed by atoms with Crippen molar-refractivity contribution in [2.75, 3.05) is 19.8 Å². The second-order valence-electron chi connectivity index (χ2n) is 6.04. The van der Waals surface area contributed by atoms with Gasteiger partial charge < -0.3 is 15.4 Å². The van der Waals surface area contributed by atoms with Gasteiger partial charge in [0.25, 0.3) is 0 Å². The number of ether oxygens (including phenoxy) is 1. The van der Waals surface area contributed by atoms with Gasteiger partial charge in [-0.25, -0.2) is 0 Å². The molecule has 2 rings (SSSR count). The van der Waals surface area contributed by atoms with Crippen molar-refractivity contribution in [2.45, 2.75) is 64.0 Å². The van der Waals surface area contributed by atoms with Gasteiger partial charge in [0.1, 0.15) is 0 Å². The summed E-state index contributed by atoms with van der Waals surface area (Å²) >= 11 is 0. The first-order valence-electron chi connectivity index (χ1n) is 7.83. The minimum absolute atomic E-state index is 0.293. The zero-order valence-electron chi connectivity index (χ0n) is 12.1. The minimum atomic E-state index is 0.293. The van der Waals surface area contributed by atoms with Crippen LogP contribution in [0.2, 0.25) is 0 Å². The molecular weight excluding hydrogens is 240 g/mol. The number of amides is 1. The third kappa shape index (κ3) is 4.18. The summed E-state index contributed by atoms with van der Waals surface area (Å²) in [5.74, 6) is 1.04. The van der Waals surface area contributed by atoms with Crippen LogP contribution in [-0.2, 0) is 9.53 Å². The molecule has 2 aliphatic rings. The number of hydrogen-bond acceptors (Lipinski definition) is 3. The molecule has 1 atom stereocenters. The SMILES string of the molecule is CCC1COCCN1C(=O)CCC1CCC(N)CC1. The number of nitrogens with two attached hydrogens (primary N) is 1. The number of nitrogens with zero attached hydrogens (tertiary/aromatic N) is 1. The highest BCUT2D eigenvalue weighted by Gasteiger charge is 2.26. The zero-order chi connectivity index (χ0) is 13.7. The predicted octanol–water partition coefficient (Wildman–Crippen LogP) is 1.92. The third-order valence-corrected chi connectivity index (χ3v) is 4.68. The highest BCUT2D eigenvalue weighted by molar-refractivity contribution is 5.76. The molecule has 0 spiro atoms. The topological polar surface area (TPSA) is 55.6 Å². The molecule has 1 amide bonds. The van der Waals surface area contributed by atoms with E-state index in [1.807, 2.05) is 4.90 Å². The normalized spacial score (nSPS) is 32.3. The quantitative estimate of drug-likeness (QED) is 0.847. The van der Waals surface area contributed by atoms with Crippen molar-refractivity contribution in [1.82, 2.24) is 4.90 Å². The maximum absolute atomic E-state index is 12.3. The Morgan fingerprint density at radius 1 is 1.32 bits per heavy atom. The van der Waals surface area contributed by atoms with Crippen LogP contribution in [0, 0.1) is 5.92 Å². The summed E-state index contributed by atoms with van der Waals surface area (Å²) in [6, 6.07) is 0.691. The van der Waals surface area contributed by atoms with Crippen LogP contribution in [0.5, 0.6) is 0 Å². The molecule has 1 unspecified atom stereocenters. The van der Waals surface area contributed by atoms with E-state index in [-0.39, 0.29) is 0 Å².